The molecule has 2 heterocycles. The fourth-order valence-electron chi connectivity index (χ4n) is 4.24. The van der Waals surface area contributed by atoms with Crippen LogP contribution in [-0.4, -0.2) is 38.7 Å². The summed E-state index contributed by atoms with van der Waals surface area (Å²) in [6.07, 6.45) is 2.09. The number of nitrogens with zero attached hydrogens (tertiary/aromatic N) is 3. The van der Waals surface area contributed by atoms with E-state index in [4.69, 9.17) is 4.98 Å². The van der Waals surface area contributed by atoms with Gasteiger partial charge in [0.2, 0.25) is 5.91 Å². The molecule has 1 saturated heterocycles. The maximum absolute atomic E-state index is 13.6. The molecule has 1 aliphatic heterocycles. The van der Waals surface area contributed by atoms with E-state index in [1.165, 1.54) is 11.8 Å². The molecular weight excluding hydrogens is 406 g/mol. The van der Waals surface area contributed by atoms with Crippen molar-refractivity contribution in [3.8, 4) is 5.69 Å². The van der Waals surface area contributed by atoms with E-state index in [-0.39, 0.29) is 16.7 Å². The second-order valence-electron chi connectivity index (χ2n) is 8.56. The van der Waals surface area contributed by atoms with Crippen LogP contribution in [0.2, 0.25) is 0 Å². The number of thioether (sulfide) groups is 1. The van der Waals surface area contributed by atoms with E-state index in [0.29, 0.717) is 22.0 Å². The number of fused-ring (bicyclic) bond motifs is 1. The summed E-state index contributed by atoms with van der Waals surface area (Å²) in [7, 11) is 0. The number of para-hydroxylation sites is 2. The molecule has 6 heteroatoms. The van der Waals surface area contributed by atoms with Gasteiger partial charge in [-0.1, -0.05) is 49.0 Å². The molecule has 162 valence electrons. The summed E-state index contributed by atoms with van der Waals surface area (Å²) in [5.74, 6) is 0.788. The maximum atomic E-state index is 13.6. The zero-order chi connectivity index (χ0) is 22.1. The molecule has 0 aliphatic carbocycles. The molecule has 0 saturated carbocycles. The van der Waals surface area contributed by atoms with E-state index in [1.807, 2.05) is 68.1 Å². The summed E-state index contributed by atoms with van der Waals surface area (Å²) in [6, 6.07) is 13.4. The van der Waals surface area contributed by atoms with Crippen LogP contribution in [0.5, 0.6) is 0 Å². The molecule has 2 aromatic carbocycles. The molecule has 1 atom stereocenters. The average Bonchev–Trinajstić information content (AvgIpc) is 2.75. The van der Waals surface area contributed by atoms with Gasteiger partial charge in [0.05, 0.1) is 21.8 Å². The number of aromatic nitrogens is 2. The molecule has 1 aromatic heterocycles. The molecule has 5 nitrogen and oxygen atoms in total. The molecule has 1 unspecified atom stereocenters. The van der Waals surface area contributed by atoms with Crippen LogP contribution in [0, 0.1) is 19.8 Å². The maximum Gasteiger partial charge on any atom is 0.266 e. The Morgan fingerprint density at radius 1 is 1.06 bits per heavy atom. The van der Waals surface area contributed by atoms with Gasteiger partial charge in [0.25, 0.3) is 5.56 Å². The van der Waals surface area contributed by atoms with Crippen LogP contribution in [-0.2, 0) is 4.79 Å². The van der Waals surface area contributed by atoms with Crippen molar-refractivity contribution in [1.29, 1.82) is 0 Å². The van der Waals surface area contributed by atoms with Gasteiger partial charge in [-0.25, -0.2) is 4.98 Å². The highest BCUT2D eigenvalue weighted by molar-refractivity contribution is 8.00. The second kappa shape index (κ2) is 8.87. The zero-order valence-corrected chi connectivity index (χ0v) is 19.4. The van der Waals surface area contributed by atoms with Gasteiger partial charge in [-0.05, 0) is 62.8 Å². The highest BCUT2D eigenvalue weighted by Crippen LogP contribution is 2.29. The van der Waals surface area contributed by atoms with Crippen molar-refractivity contribution in [3.63, 3.8) is 0 Å². The lowest BCUT2D eigenvalue weighted by molar-refractivity contribution is -0.131. The highest BCUT2D eigenvalue weighted by Gasteiger charge is 2.27. The van der Waals surface area contributed by atoms with E-state index < -0.39 is 0 Å². The highest BCUT2D eigenvalue weighted by atomic mass is 32.2. The van der Waals surface area contributed by atoms with Crippen LogP contribution in [0.15, 0.2) is 52.4 Å². The number of carbonyl (C=O) groups excluding carboxylic acids is 1. The first-order valence-corrected chi connectivity index (χ1v) is 11.8. The minimum absolute atomic E-state index is 0.100. The Labute approximate surface area is 187 Å². The SMILES string of the molecule is Cc1cccc(C)c1-n1c(SC(C)C(=O)N2CCC(C)CC2)nc2ccccc2c1=O. The molecule has 1 aliphatic rings. The molecule has 1 amide bonds. The lowest BCUT2D eigenvalue weighted by Crippen LogP contribution is -2.42. The van der Waals surface area contributed by atoms with E-state index in [9.17, 15) is 9.59 Å². The molecular formula is C25H29N3O2S. The van der Waals surface area contributed by atoms with E-state index >= 15 is 0 Å². The molecule has 1 fully saturated rings. The van der Waals surface area contributed by atoms with Crippen molar-refractivity contribution in [3.05, 3.63) is 63.9 Å². The fraction of sp³-hybridized carbons (Fsp3) is 0.400. The Balaban J connectivity index is 1.78. The van der Waals surface area contributed by atoms with Crippen molar-refractivity contribution >= 4 is 28.6 Å². The average molecular weight is 436 g/mol. The van der Waals surface area contributed by atoms with Crippen LogP contribution in [0.1, 0.15) is 37.8 Å². The second-order valence-corrected chi connectivity index (χ2v) is 9.87. The van der Waals surface area contributed by atoms with Crippen molar-refractivity contribution < 1.29 is 4.79 Å². The van der Waals surface area contributed by atoms with Gasteiger partial charge in [-0.15, -0.1) is 0 Å². The summed E-state index contributed by atoms with van der Waals surface area (Å²) in [6.45, 7) is 9.77. The van der Waals surface area contributed by atoms with Crippen molar-refractivity contribution in [1.82, 2.24) is 14.5 Å². The largest absolute Gasteiger partial charge is 0.342 e. The summed E-state index contributed by atoms with van der Waals surface area (Å²) in [4.78, 5) is 33.5. The number of carbonyl (C=O) groups is 1. The Bertz CT molecular complexity index is 1160. The third-order valence-electron chi connectivity index (χ3n) is 6.13. The number of benzene rings is 2. The molecule has 0 N–H and O–H groups in total. The predicted octanol–water partition coefficient (Wildman–Crippen LogP) is 4.74. The molecule has 0 spiro atoms. The van der Waals surface area contributed by atoms with Crippen LogP contribution < -0.4 is 5.56 Å². The van der Waals surface area contributed by atoms with Crippen molar-refractivity contribution in [2.24, 2.45) is 5.92 Å². The Hall–Kier alpha value is -2.60. The van der Waals surface area contributed by atoms with E-state index in [2.05, 4.69) is 6.92 Å². The topological polar surface area (TPSA) is 55.2 Å². The van der Waals surface area contributed by atoms with Crippen LogP contribution >= 0.6 is 11.8 Å². The van der Waals surface area contributed by atoms with E-state index in [0.717, 1.165) is 42.7 Å². The number of hydrogen-bond donors (Lipinski definition) is 0. The van der Waals surface area contributed by atoms with Gasteiger partial charge < -0.3 is 4.90 Å². The van der Waals surface area contributed by atoms with Gasteiger partial charge >= 0.3 is 0 Å². The number of likely N-dealkylation sites (tertiary alicyclic amines) is 1. The molecule has 31 heavy (non-hydrogen) atoms. The normalized spacial score (nSPS) is 15.9. The number of piperidine rings is 1. The monoisotopic (exact) mass is 435 g/mol. The first kappa shape index (κ1) is 21.6. The minimum Gasteiger partial charge on any atom is -0.342 e. The summed E-state index contributed by atoms with van der Waals surface area (Å²) in [5, 5.41) is 0.822. The van der Waals surface area contributed by atoms with Gasteiger partial charge in [-0.3, -0.25) is 14.2 Å². The summed E-state index contributed by atoms with van der Waals surface area (Å²) >= 11 is 1.37. The van der Waals surface area contributed by atoms with Crippen molar-refractivity contribution in [2.75, 3.05) is 13.1 Å². The Morgan fingerprint density at radius 2 is 1.71 bits per heavy atom. The first-order chi connectivity index (χ1) is 14.9. The van der Waals surface area contributed by atoms with Gasteiger partial charge in [-0.2, -0.15) is 0 Å². The standard InChI is InChI=1S/C25H29N3O2S/c1-16-12-14-27(15-13-16)23(29)19(4)31-25-26-21-11-6-5-10-20(21)24(30)28(25)22-17(2)8-7-9-18(22)3/h5-11,16,19H,12-15H2,1-4H3. The number of rotatable bonds is 4. The van der Waals surface area contributed by atoms with Crippen LogP contribution in [0.25, 0.3) is 16.6 Å². The molecule has 0 radical (unpaired) electrons. The number of hydrogen-bond acceptors (Lipinski definition) is 4. The third kappa shape index (κ3) is 4.26. The van der Waals surface area contributed by atoms with Gasteiger partial charge in [0.1, 0.15) is 0 Å². The van der Waals surface area contributed by atoms with Gasteiger partial charge in [0.15, 0.2) is 5.16 Å². The third-order valence-corrected chi connectivity index (χ3v) is 7.17. The zero-order valence-electron chi connectivity index (χ0n) is 18.6. The predicted molar refractivity (Wildman–Crippen MR) is 127 cm³/mol. The van der Waals surface area contributed by atoms with Crippen LogP contribution in [0.4, 0.5) is 0 Å². The number of aryl methyl sites for hydroxylation is 2. The van der Waals surface area contributed by atoms with Crippen LogP contribution in [0.3, 0.4) is 0 Å². The number of amides is 1. The summed E-state index contributed by atoms with van der Waals surface area (Å²) < 4.78 is 1.69. The molecule has 0 bridgehead atoms. The quantitative estimate of drug-likeness (QED) is 0.439. The summed E-state index contributed by atoms with van der Waals surface area (Å²) in [5.41, 5.74) is 3.41. The van der Waals surface area contributed by atoms with Gasteiger partial charge in [0, 0.05) is 13.1 Å². The van der Waals surface area contributed by atoms with Crippen molar-refractivity contribution in [2.45, 2.75) is 50.9 Å². The minimum atomic E-state index is -0.322. The molecule has 4 rings (SSSR count). The van der Waals surface area contributed by atoms with E-state index in [1.54, 1.807) is 4.57 Å². The lowest BCUT2D eigenvalue weighted by atomic mass is 9.99. The first-order valence-electron chi connectivity index (χ1n) is 10.9. The Kier molecular flexibility index (Phi) is 6.19. The fourth-order valence-corrected chi connectivity index (χ4v) is 5.24. The molecule has 3 aromatic rings. The Morgan fingerprint density at radius 3 is 2.39 bits per heavy atom. The smallest absolute Gasteiger partial charge is 0.266 e. The lowest BCUT2D eigenvalue weighted by Gasteiger charge is -2.32.